The van der Waals surface area contributed by atoms with Crippen molar-refractivity contribution in [3.63, 3.8) is 0 Å². The Morgan fingerprint density at radius 3 is 3.08 bits per heavy atom. The predicted octanol–water partition coefficient (Wildman–Crippen LogP) is 2.37. The Morgan fingerprint density at radius 1 is 1.48 bits per heavy atom. The number of ether oxygens (including phenoxy) is 2. The minimum absolute atomic E-state index is 0.0234. The summed E-state index contributed by atoms with van der Waals surface area (Å²) in [6, 6.07) is 3.95. The Balaban J connectivity index is 1.77. The van der Waals surface area contributed by atoms with E-state index < -0.39 is 23.3 Å². The second-order valence-electron chi connectivity index (χ2n) is 7.87. The van der Waals surface area contributed by atoms with E-state index in [4.69, 9.17) is 9.47 Å². The second-order valence-corrected chi connectivity index (χ2v) is 7.87. The lowest BCUT2D eigenvalue weighted by Crippen LogP contribution is -2.76. The first-order chi connectivity index (χ1) is 12.1. The van der Waals surface area contributed by atoms with Crippen LogP contribution in [0, 0.1) is 0 Å². The number of halogens is 1. The van der Waals surface area contributed by atoms with Gasteiger partial charge in [0.1, 0.15) is 12.3 Å². The third-order valence-electron chi connectivity index (χ3n) is 7.07. The van der Waals surface area contributed by atoms with Gasteiger partial charge in [-0.05, 0) is 43.9 Å². The van der Waals surface area contributed by atoms with Crippen LogP contribution < -0.4 is 9.47 Å². The van der Waals surface area contributed by atoms with Gasteiger partial charge in [-0.2, -0.15) is 0 Å². The summed E-state index contributed by atoms with van der Waals surface area (Å²) in [4.78, 5) is 2.30. The quantitative estimate of drug-likeness (QED) is 0.854. The van der Waals surface area contributed by atoms with Crippen LogP contribution in [0.1, 0.15) is 30.4 Å². The summed E-state index contributed by atoms with van der Waals surface area (Å²) in [6.07, 6.45) is 2.48. The lowest BCUT2D eigenvalue weighted by atomic mass is 9.49. The highest BCUT2D eigenvalue weighted by atomic mass is 19.1. The average molecular weight is 345 g/mol. The van der Waals surface area contributed by atoms with Gasteiger partial charge in [0.2, 0.25) is 0 Å². The molecule has 1 N–H and O–H groups in total. The number of hydrogen-bond donors (Lipinski definition) is 1. The third-order valence-corrected chi connectivity index (χ3v) is 7.07. The number of piperidine rings is 1. The van der Waals surface area contributed by atoms with Crippen LogP contribution in [0.15, 0.2) is 24.8 Å². The van der Waals surface area contributed by atoms with Crippen molar-refractivity contribution in [1.29, 1.82) is 0 Å². The fourth-order valence-corrected chi connectivity index (χ4v) is 6.10. The molecule has 2 aliphatic heterocycles. The molecule has 4 aliphatic rings. The van der Waals surface area contributed by atoms with Crippen molar-refractivity contribution in [2.75, 3.05) is 20.2 Å². The SMILES string of the molecule is C=CCN1CCC23c4c5ccc(OC)c4O[C@@H]2C(F)CC[C@]3(O)[C@@H]1C5. The number of hydrogen-bond acceptors (Lipinski definition) is 4. The lowest BCUT2D eigenvalue weighted by molar-refractivity contribution is -0.197. The standard InChI is InChI=1S/C20H24FNO3/c1-3-9-22-10-8-19-16-12-4-5-14(24-2)17(16)25-18(19)13(21)6-7-20(19,23)15(22)11-12/h3-5,13,15,18,23H,1,6-11H2,2H3/t13?,15-,18+,19?,20-/m0/s1. The lowest BCUT2D eigenvalue weighted by Gasteiger charge is -2.63. The van der Waals surface area contributed by atoms with Crippen LogP contribution in [0.5, 0.6) is 11.5 Å². The first kappa shape index (κ1) is 15.6. The van der Waals surface area contributed by atoms with E-state index in [0.29, 0.717) is 30.8 Å². The zero-order chi connectivity index (χ0) is 17.4. The minimum Gasteiger partial charge on any atom is -0.493 e. The number of benzene rings is 1. The van der Waals surface area contributed by atoms with Gasteiger partial charge in [-0.15, -0.1) is 6.58 Å². The van der Waals surface area contributed by atoms with E-state index in [1.165, 1.54) is 0 Å². The van der Waals surface area contributed by atoms with E-state index in [2.05, 4.69) is 17.5 Å². The van der Waals surface area contributed by atoms with Gasteiger partial charge in [0.25, 0.3) is 0 Å². The highest BCUT2D eigenvalue weighted by molar-refractivity contribution is 5.62. The van der Waals surface area contributed by atoms with Crippen LogP contribution in [0.2, 0.25) is 0 Å². The van der Waals surface area contributed by atoms with Crippen LogP contribution in [0.4, 0.5) is 4.39 Å². The summed E-state index contributed by atoms with van der Waals surface area (Å²) >= 11 is 0. The molecule has 1 saturated carbocycles. The number of likely N-dealkylation sites (tertiary alicyclic amines) is 1. The van der Waals surface area contributed by atoms with E-state index in [9.17, 15) is 9.50 Å². The maximum Gasteiger partial charge on any atom is 0.166 e. The maximum atomic E-state index is 15.0. The summed E-state index contributed by atoms with van der Waals surface area (Å²) in [5.41, 5.74) is 0.545. The Labute approximate surface area is 147 Å². The molecule has 2 fully saturated rings. The summed E-state index contributed by atoms with van der Waals surface area (Å²) in [5.74, 6) is 1.30. The Bertz CT molecular complexity index is 753. The number of alkyl halides is 1. The largest absolute Gasteiger partial charge is 0.493 e. The monoisotopic (exact) mass is 345 g/mol. The van der Waals surface area contributed by atoms with Crippen LogP contribution in [0.25, 0.3) is 0 Å². The van der Waals surface area contributed by atoms with Crippen LogP contribution >= 0.6 is 0 Å². The number of nitrogens with zero attached hydrogens (tertiary/aromatic N) is 1. The molecule has 2 heterocycles. The molecule has 0 radical (unpaired) electrons. The topological polar surface area (TPSA) is 41.9 Å². The normalized spacial score (nSPS) is 41.0. The van der Waals surface area contributed by atoms with E-state index in [0.717, 1.165) is 30.6 Å². The number of aliphatic hydroxyl groups is 1. The van der Waals surface area contributed by atoms with Gasteiger partial charge < -0.3 is 14.6 Å². The van der Waals surface area contributed by atoms with Crippen molar-refractivity contribution in [3.05, 3.63) is 35.9 Å². The Morgan fingerprint density at radius 2 is 2.32 bits per heavy atom. The van der Waals surface area contributed by atoms with Crippen molar-refractivity contribution in [2.45, 2.75) is 55.0 Å². The van der Waals surface area contributed by atoms with Crippen molar-refractivity contribution in [2.24, 2.45) is 0 Å². The van der Waals surface area contributed by atoms with Gasteiger partial charge >= 0.3 is 0 Å². The minimum atomic E-state index is -1.06. The van der Waals surface area contributed by atoms with Crippen molar-refractivity contribution in [3.8, 4) is 11.5 Å². The molecule has 1 saturated heterocycles. The molecule has 5 rings (SSSR count). The number of methoxy groups -OCH3 is 1. The van der Waals surface area contributed by atoms with Crippen molar-refractivity contribution in [1.82, 2.24) is 4.90 Å². The molecule has 4 nitrogen and oxygen atoms in total. The smallest absolute Gasteiger partial charge is 0.166 e. The summed E-state index contributed by atoms with van der Waals surface area (Å²) in [5, 5.41) is 11.9. The van der Waals surface area contributed by atoms with Gasteiger partial charge in [0.05, 0.1) is 18.1 Å². The first-order valence-electron chi connectivity index (χ1n) is 9.15. The van der Waals surface area contributed by atoms with E-state index >= 15 is 0 Å². The molecular weight excluding hydrogens is 321 g/mol. The molecule has 0 aromatic heterocycles. The average Bonchev–Trinajstić information content (AvgIpc) is 2.96. The van der Waals surface area contributed by atoms with Gasteiger partial charge in [0, 0.05) is 18.2 Å². The third kappa shape index (κ3) is 1.64. The Hall–Kier alpha value is -1.59. The molecule has 1 aromatic rings. The molecular formula is C20H24FNO3. The highest BCUT2D eigenvalue weighted by Crippen LogP contribution is 2.65. The first-order valence-corrected chi connectivity index (χ1v) is 9.15. The van der Waals surface area contributed by atoms with Crippen LogP contribution in [-0.4, -0.2) is 54.1 Å². The molecule has 5 atom stereocenters. The molecule has 1 aromatic carbocycles. The highest BCUT2D eigenvalue weighted by Gasteiger charge is 2.73. The maximum absolute atomic E-state index is 15.0. The van der Waals surface area contributed by atoms with E-state index in [-0.39, 0.29) is 6.04 Å². The van der Waals surface area contributed by atoms with Gasteiger partial charge in [-0.25, -0.2) is 4.39 Å². The predicted molar refractivity (Wildman–Crippen MR) is 92.0 cm³/mol. The Kier molecular flexibility index (Phi) is 3.12. The fraction of sp³-hybridized carbons (Fsp3) is 0.600. The molecule has 134 valence electrons. The molecule has 2 aliphatic carbocycles. The zero-order valence-corrected chi connectivity index (χ0v) is 14.5. The second kappa shape index (κ2) is 4.98. The van der Waals surface area contributed by atoms with Crippen LogP contribution in [-0.2, 0) is 11.8 Å². The molecule has 5 heteroatoms. The van der Waals surface area contributed by atoms with Gasteiger partial charge in [0.15, 0.2) is 11.5 Å². The van der Waals surface area contributed by atoms with E-state index in [1.54, 1.807) is 7.11 Å². The molecule has 2 unspecified atom stereocenters. The van der Waals surface area contributed by atoms with Gasteiger partial charge in [-0.1, -0.05) is 12.1 Å². The molecule has 2 bridgehead atoms. The molecule has 1 spiro atoms. The molecule has 25 heavy (non-hydrogen) atoms. The van der Waals surface area contributed by atoms with Crippen molar-refractivity contribution >= 4 is 0 Å². The van der Waals surface area contributed by atoms with Crippen LogP contribution in [0.3, 0.4) is 0 Å². The summed E-state index contributed by atoms with van der Waals surface area (Å²) < 4.78 is 26.6. The summed E-state index contributed by atoms with van der Waals surface area (Å²) in [7, 11) is 1.61. The molecule has 0 amide bonds. The number of rotatable bonds is 3. The fourth-order valence-electron chi connectivity index (χ4n) is 6.10. The van der Waals surface area contributed by atoms with Crippen molar-refractivity contribution < 1.29 is 19.0 Å². The van der Waals surface area contributed by atoms with Gasteiger partial charge in [-0.3, -0.25) is 4.90 Å². The van der Waals surface area contributed by atoms with E-state index in [1.807, 2.05) is 12.1 Å². The summed E-state index contributed by atoms with van der Waals surface area (Å²) in [6.45, 7) is 5.43. The zero-order valence-electron chi connectivity index (χ0n) is 14.5.